The summed E-state index contributed by atoms with van der Waals surface area (Å²) >= 11 is 0. The Labute approximate surface area is 200 Å². The van der Waals surface area contributed by atoms with Crippen LogP contribution in [0.1, 0.15) is 87.0 Å². The van der Waals surface area contributed by atoms with E-state index in [0.29, 0.717) is 44.2 Å². The standard InChI is InChI=1S/C24H48N4O5/c1-16(2)20(17(3)4)27-18(12-8-10-14-25)21(29)28-19(22(30)31)13-9-11-15-26-23(32)33-24(5,6)7/h16-20,27H,8-15,25H2,1-7H3,(H,26,32)(H,28,29)(H,30,31). The first-order chi connectivity index (χ1) is 15.3. The van der Waals surface area contributed by atoms with Crippen molar-refractivity contribution in [2.24, 2.45) is 17.6 Å². The molecule has 9 heteroatoms. The number of rotatable bonds is 16. The van der Waals surface area contributed by atoms with Crippen LogP contribution in [0.4, 0.5) is 4.79 Å². The molecule has 0 saturated carbocycles. The summed E-state index contributed by atoms with van der Waals surface area (Å²) in [6, 6.07) is -1.31. The lowest BCUT2D eigenvalue weighted by molar-refractivity contribution is -0.142. The molecule has 9 nitrogen and oxygen atoms in total. The van der Waals surface area contributed by atoms with Crippen LogP contribution in [0, 0.1) is 11.8 Å². The molecule has 2 unspecified atom stereocenters. The van der Waals surface area contributed by atoms with Crippen molar-refractivity contribution in [3.05, 3.63) is 0 Å². The van der Waals surface area contributed by atoms with Gasteiger partial charge in [0.2, 0.25) is 5.91 Å². The van der Waals surface area contributed by atoms with Crippen LogP contribution in [0.3, 0.4) is 0 Å². The Hall–Kier alpha value is -1.87. The van der Waals surface area contributed by atoms with Crippen molar-refractivity contribution in [3.8, 4) is 0 Å². The average molecular weight is 473 g/mol. The number of aliphatic carboxylic acids is 1. The molecular weight excluding hydrogens is 424 g/mol. The number of nitrogens with one attached hydrogen (secondary N) is 3. The minimum Gasteiger partial charge on any atom is -0.480 e. The zero-order chi connectivity index (χ0) is 25.6. The maximum atomic E-state index is 13.0. The Morgan fingerprint density at radius 1 is 0.909 bits per heavy atom. The molecule has 0 spiro atoms. The van der Waals surface area contributed by atoms with Crippen LogP contribution in [0.2, 0.25) is 0 Å². The van der Waals surface area contributed by atoms with E-state index in [2.05, 4.69) is 43.6 Å². The van der Waals surface area contributed by atoms with E-state index in [1.165, 1.54) is 0 Å². The van der Waals surface area contributed by atoms with Gasteiger partial charge in [-0.3, -0.25) is 4.79 Å². The SMILES string of the molecule is CC(C)C(NC(CCCCN)C(=O)NC(CCCCNC(=O)OC(C)(C)C)C(=O)O)C(C)C. The van der Waals surface area contributed by atoms with Gasteiger partial charge in [0.1, 0.15) is 11.6 Å². The van der Waals surface area contributed by atoms with Crippen LogP contribution < -0.4 is 21.7 Å². The van der Waals surface area contributed by atoms with Gasteiger partial charge in [-0.15, -0.1) is 0 Å². The van der Waals surface area contributed by atoms with E-state index in [-0.39, 0.29) is 18.4 Å². The fourth-order valence-electron chi connectivity index (χ4n) is 3.68. The van der Waals surface area contributed by atoms with Gasteiger partial charge in [0, 0.05) is 12.6 Å². The maximum absolute atomic E-state index is 13.0. The fraction of sp³-hybridized carbons (Fsp3) is 0.875. The van der Waals surface area contributed by atoms with Gasteiger partial charge < -0.3 is 31.5 Å². The van der Waals surface area contributed by atoms with Crippen molar-refractivity contribution in [2.75, 3.05) is 13.1 Å². The van der Waals surface area contributed by atoms with E-state index in [1.54, 1.807) is 20.8 Å². The van der Waals surface area contributed by atoms with Crippen molar-refractivity contribution < 1.29 is 24.2 Å². The number of carboxylic acids is 1. The van der Waals surface area contributed by atoms with E-state index in [0.717, 1.165) is 12.8 Å². The van der Waals surface area contributed by atoms with E-state index in [9.17, 15) is 19.5 Å². The Bertz CT molecular complexity index is 582. The smallest absolute Gasteiger partial charge is 0.407 e. The topological polar surface area (TPSA) is 143 Å². The molecule has 0 aromatic carbocycles. The summed E-state index contributed by atoms with van der Waals surface area (Å²) in [5.74, 6) is -0.684. The van der Waals surface area contributed by atoms with Crippen LogP contribution in [0.15, 0.2) is 0 Å². The van der Waals surface area contributed by atoms with Crippen molar-refractivity contribution in [3.63, 3.8) is 0 Å². The third kappa shape index (κ3) is 14.8. The highest BCUT2D eigenvalue weighted by Crippen LogP contribution is 2.15. The van der Waals surface area contributed by atoms with Crippen LogP contribution in [0.5, 0.6) is 0 Å². The minimum absolute atomic E-state index is 0.140. The molecule has 2 amide bonds. The van der Waals surface area contributed by atoms with Gasteiger partial charge in [0.15, 0.2) is 0 Å². The third-order valence-electron chi connectivity index (χ3n) is 5.30. The van der Waals surface area contributed by atoms with E-state index < -0.39 is 29.7 Å². The monoisotopic (exact) mass is 472 g/mol. The predicted molar refractivity (Wildman–Crippen MR) is 131 cm³/mol. The van der Waals surface area contributed by atoms with Crippen molar-refractivity contribution in [1.29, 1.82) is 0 Å². The third-order valence-corrected chi connectivity index (χ3v) is 5.30. The van der Waals surface area contributed by atoms with Gasteiger partial charge >= 0.3 is 12.1 Å². The highest BCUT2D eigenvalue weighted by molar-refractivity contribution is 5.86. The number of hydrogen-bond acceptors (Lipinski definition) is 6. The fourth-order valence-corrected chi connectivity index (χ4v) is 3.68. The second kappa shape index (κ2) is 15.9. The summed E-state index contributed by atoms with van der Waals surface area (Å²) in [4.78, 5) is 36.4. The quantitative estimate of drug-likeness (QED) is 0.217. The maximum Gasteiger partial charge on any atom is 0.407 e. The number of hydrogen-bond donors (Lipinski definition) is 5. The predicted octanol–water partition coefficient (Wildman–Crippen LogP) is 3.02. The van der Waals surface area contributed by atoms with Gasteiger partial charge in [-0.2, -0.15) is 0 Å². The van der Waals surface area contributed by atoms with Gasteiger partial charge in [-0.25, -0.2) is 9.59 Å². The zero-order valence-electron chi connectivity index (χ0n) is 21.7. The number of nitrogens with two attached hydrogens (primary N) is 1. The number of ether oxygens (including phenoxy) is 1. The van der Waals surface area contributed by atoms with Crippen LogP contribution in [0.25, 0.3) is 0 Å². The van der Waals surface area contributed by atoms with Crippen LogP contribution in [-0.2, 0) is 14.3 Å². The summed E-state index contributed by atoms with van der Waals surface area (Å²) in [6.07, 6.45) is 3.11. The molecule has 0 aromatic rings. The molecule has 0 radical (unpaired) electrons. The Morgan fingerprint density at radius 3 is 1.94 bits per heavy atom. The summed E-state index contributed by atoms with van der Waals surface area (Å²) in [6.45, 7) is 14.7. The molecule has 194 valence electrons. The molecule has 2 atom stereocenters. The summed E-state index contributed by atoms with van der Waals surface area (Å²) in [5, 5.41) is 18.4. The molecule has 0 rings (SSSR count). The van der Waals surface area contributed by atoms with Crippen molar-refractivity contribution >= 4 is 18.0 Å². The number of carbonyl (C=O) groups is 3. The summed E-state index contributed by atoms with van der Waals surface area (Å²) < 4.78 is 5.17. The highest BCUT2D eigenvalue weighted by Gasteiger charge is 2.28. The van der Waals surface area contributed by atoms with E-state index in [1.807, 2.05) is 0 Å². The molecule has 0 heterocycles. The lowest BCUT2D eigenvalue weighted by Gasteiger charge is -2.31. The Kier molecular flexibility index (Phi) is 15.0. The largest absolute Gasteiger partial charge is 0.480 e. The molecule has 0 aromatic heterocycles. The van der Waals surface area contributed by atoms with E-state index in [4.69, 9.17) is 10.5 Å². The second-order valence-corrected chi connectivity index (χ2v) is 10.3. The Morgan fingerprint density at radius 2 is 1.45 bits per heavy atom. The molecule has 0 aliphatic heterocycles. The lowest BCUT2D eigenvalue weighted by atomic mass is 9.91. The van der Waals surface area contributed by atoms with Gasteiger partial charge in [-0.1, -0.05) is 34.1 Å². The molecule has 6 N–H and O–H groups in total. The molecule has 0 fully saturated rings. The summed E-state index contributed by atoms with van der Waals surface area (Å²) in [5.41, 5.74) is 5.04. The molecule has 0 saturated heterocycles. The second-order valence-electron chi connectivity index (χ2n) is 10.3. The molecule has 33 heavy (non-hydrogen) atoms. The first-order valence-corrected chi connectivity index (χ1v) is 12.2. The average Bonchev–Trinajstić information content (AvgIpc) is 2.67. The number of carboxylic acid groups (broad SMARTS) is 1. The van der Waals surface area contributed by atoms with Crippen LogP contribution >= 0.6 is 0 Å². The molecule has 0 aliphatic carbocycles. The first kappa shape index (κ1) is 31.1. The number of alkyl carbamates (subject to hydrolysis) is 1. The lowest BCUT2D eigenvalue weighted by Crippen LogP contribution is -2.54. The first-order valence-electron chi connectivity index (χ1n) is 12.2. The van der Waals surface area contributed by atoms with Crippen molar-refractivity contribution in [2.45, 2.75) is 111 Å². The van der Waals surface area contributed by atoms with E-state index >= 15 is 0 Å². The highest BCUT2D eigenvalue weighted by atomic mass is 16.6. The van der Waals surface area contributed by atoms with Gasteiger partial charge in [0.05, 0.1) is 6.04 Å². The van der Waals surface area contributed by atoms with Gasteiger partial charge in [-0.05, 0) is 71.3 Å². The number of amides is 2. The molecular formula is C24H48N4O5. The van der Waals surface area contributed by atoms with Gasteiger partial charge in [0.25, 0.3) is 0 Å². The normalized spacial score (nSPS) is 13.8. The molecule has 0 bridgehead atoms. The van der Waals surface area contributed by atoms with Crippen molar-refractivity contribution in [1.82, 2.24) is 16.0 Å². The number of carbonyl (C=O) groups excluding carboxylic acids is 2. The summed E-state index contributed by atoms with van der Waals surface area (Å²) in [7, 11) is 0. The molecule has 0 aliphatic rings. The zero-order valence-corrected chi connectivity index (χ0v) is 21.7. The minimum atomic E-state index is -1.06. The van der Waals surface area contributed by atoms with Crippen LogP contribution in [-0.4, -0.2) is 59.9 Å². The number of unbranched alkanes of at least 4 members (excludes halogenated alkanes) is 2. The Balaban J connectivity index is 4.83.